The van der Waals surface area contributed by atoms with Crippen LogP contribution in [0, 0.1) is 0 Å². The van der Waals surface area contributed by atoms with Crippen molar-refractivity contribution in [3.05, 3.63) is 58.6 Å². The Bertz CT molecular complexity index is 847. The number of nitrogens with one attached hydrogen (secondary N) is 1. The average molecular weight is 405 g/mol. The molecule has 0 unspecified atom stereocenters. The van der Waals surface area contributed by atoms with Crippen LogP contribution in [0.5, 0.6) is 0 Å². The third kappa shape index (κ3) is 3.68. The molecule has 140 valence electrons. The quantitative estimate of drug-likeness (QED) is 0.796. The highest BCUT2D eigenvalue weighted by Gasteiger charge is 2.46. The average Bonchev–Trinajstić information content (AvgIpc) is 2.98. The molecule has 0 radical (unpaired) electrons. The van der Waals surface area contributed by atoms with Gasteiger partial charge < -0.3 is 9.80 Å². The summed E-state index contributed by atoms with van der Waals surface area (Å²) in [5, 5.41) is 1.30. The van der Waals surface area contributed by atoms with Crippen LogP contribution in [0.1, 0.15) is 6.42 Å². The van der Waals surface area contributed by atoms with Crippen LogP contribution in [-0.2, 0) is 9.59 Å². The summed E-state index contributed by atoms with van der Waals surface area (Å²) in [6, 6.07) is 14.3. The maximum atomic E-state index is 12.9. The van der Waals surface area contributed by atoms with Crippen molar-refractivity contribution < 1.29 is 14.5 Å². The molecule has 0 saturated carbocycles. The largest absolute Gasteiger partial charge is 0.360 e. The van der Waals surface area contributed by atoms with Gasteiger partial charge in [0.15, 0.2) is 6.04 Å². The van der Waals surface area contributed by atoms with E-state index in [-0.39, 0.29) is 24.3 Å². The molecule has 2 aromatic carbocycles. The van der Waals surface area contributed by atoms with E-state index in [1.54, 1.807) is 24.3 Å². The van der Waals surface area contributed by atoms with E-state index in [1.807, 2.05) is 24.3 Å². The topological polar surface area (TPSA) is 45.1 Å². The Morgan fingerprint density at radius 3 is 1.89 bits per heavy atom. The summed E-state index contributed by atoms with van der Waals surface area (Å²) in [6.07, 6.45) is 0.262. The number of carbonyl (C=O) groups excluding carboxylic acids is 2. The Labute approximate surface area is 168 Å². The minimum Gasteiger partial charge on any atom is -0.360 e. The molecule has 1 N–H and O–H groups in total. The van der Waals surface area contributed by atoms with Gasteiger partial charge in [0.25, 0.3) is 5.91 Å². The van der Waals surface area contributed by atoms with Gasteiger partial charge in [0, 0.05) is 15.7 Å². The van der Waals surface area contributed by atoms with Crippen LogP contribution in [0.3, 0.4) is 0 Å². The van der Waals surface area contributed by atoms with E-state index >= 15 is 0 Å². The molecule has 1 atom stereocenters. The van der Waals surface area contributed by atoms with Gasteiger partial charge in [-0.2, -0.15) is 0 Å². The highest BCUT2D eigenvalue weighted by atomic mass is 35.5. The monoisotopic (exact) mass is 404 g/mol. The maximum Gasteiger partial charge on any atom is 0.292 e. The lowest BCUT2D eigenvalue weighted by molar-refractivity contribution is -0.915. The van der Waals surface area contributed by atoms with Crippen molar-refractivity contribution in [3.8, 4) is 0 Å². The second kappa shape index (κ2) is 7.50. The minimum absolute atomic E-state index is 0.114. The molecule has 2 amide bonds. The lowest BCUT2D eigenvalue weighted by Crippen LogP contribution is -3.19. The van der Waals surface area contributed by atoms with Crippen LogP contribution in [0.2, 0.25) is 10.0 Å². The lowest BCUT2D eigenvalue weighted by Gasteiger charge is -2.35. The molecule has 2 aliphatic heterocycles. The fourth-order valence-corrected chi connectivity index (χ4v) is 4.12. The highest BCUT2D eigenvalue weighted by molar-refractivity contribution is 6.31. The molecule has 0 bridgehead atoms. The van der Waals surface area contributed by atoms with Gasteiger partial charge in [-0.3, -0.25) is 9.59 Å². The van der Waals surface area contributed by atoms with E-state index < -0.39 is 0 Å². The minimum atomic E-state index is -0.305. The predicted molar refractivity (Wildman–Crippen MR) is 107 cm³/mol. The molecular formula is C20H20Cl2N3O2+. The predicted octanol–water partition coefficient (Wildman–Crippen LogP) is 2.03. The Kier molecular flexibility index (Phi) is 5.08. The number of quaternary nitrogens is 1. The number of benzene rings is 2. The van der Waals surface area contributed by atoms with E-state index in [9.17, 15) is 9.59 Å². The molecule has 4 rings (SSSR count). The Hall–Kier alpha value is -2.08. The van der Waals surface area contributed by atoms with Crippen molar-refractivity contribution in [1.29, 1.82) is 0 Å². The van der Waals surface area contributed by atoms with E-state index in [0.717, 1.165) is 36.9 Å². The Balaban J connectivity index is 1.43. The first kappa shape index (κ1) is 18.3. The summed E-state index contributed by atoms with van der Waals surface area (Å²) < 4.78 is 0. The smallest absolute Gasteiger partial charge is 0.292 e. The van der Waals surface area contributed by atoms with Gasteiger partial charge in [-0.05, 0) is 48.5 Å². The van der Waals surface area contributed by atoms with Crippen molar-refractivity contribution in [3.63, 3.8) is 0 Å². The zero-order valence-electron chi connectivity index (χ0n) is 14.7. The van der Waals surface area contributed by atoms with E-state index in [0.29, 0.717) is 10.7 Å². The summed E-state index contributed by atoms with van der Waals surface area (Å²) in [7, 11) is 0. The molecule has 2 saturated heterocycles. The number of carbonyl (C=O) groups is 2. The molecule has 2 heterocycles. The van der Waals surface area contributed by atoms with Gasteiger partial charge in [-0.15, -0.1) is 0 Å². The van der Waals surface area contributed by atoms with E-state index in [4.69, 9.17) is 23.2 Å². The van der Waals surface area contributed by atoms with Crippen molar-refractivity contribution in [1.82, 2.24) is 0 Å². The van der Waals surface area contributed by atoms with Gasteiger partial charge in [-0.1, -0.05) is 23.2 Å². The Morgan fingerprint density at radius 2 is 1.33 bits per heavy atom. The number of piperazine rings is 1. The zero-order chi connectivity index (χ0) is 19.0. The van der Waals surface area contributed by atoms with E-state index in [1.165, 1.54) is 9.80 Å². The number of amides is 2. The van der Waals surface area contributed by atoms with Gasteiger partial charge in [0.05, 0.1) is 38.3 Å². The summed E-state index contributed by atoms with van der Waals surface area (Å²) >= 11 is 11.9. The zero-order valence-corrected chi connectivity index (χ0v) is 16.2. The summed E-state index contributed by atoms with van der Waals surface area (Å²) in [5.74, 6) is -0.253. The summed E-state index contributed by atoms with van der Waals surface area (Å²) in [5.41, 5.74) is 1.73. The molecule has 0 aliphatic carbocycles. The second-order valence-corrected chi connectivity index (χ2v) is 7.80. The number of anilines is 2. The molecule has 5 nitrogen and oxygen atoms in total. The highest BCUT2D eigenvalue weighted by Crippen LogP contribution is 2.24. The SMILES string of the molecule is O=C1C[C@H]([NH+]2CCN(c3ccc(Cl)cc3)CC2)C(=O)N1c1ccc(Cl)cc1. The molecule has 7 heteroatoms. The molecule has 2 aliphatic rings. The number of hydrogen-bond acceptors (Lipinski definition) is 3. The van der Waals surface area contributed by atoms with Crippen LogP contribution in [0.25, 0.3) is 0 Å². The van der Waals surface area contributed by atoms with Crippen LogP contribution < -0.4 is 14.7 Å². The van der Waals surface area contributed by atoms with Crippen LogP contribution in [-0.4, -0.2) is 44.0 Å². The first-order chi connectivity index (χ1) is 13.0. The molecule has 2 aromatic rings. The molecule has 2 fully saturated rings. The Morgan fingerprint density at radius 1 is 0.815 bits per heavy atom. The third-order valence-electron chi connectivity index (χ3n) is 5.32. The first-order valence-corrected chi connectivity index (χ1v) is 9.76. The van der Waals surface area contributed by atoms with Crippen LogP contribution >= 0.6 is 23.2 Å². The van der Waals surface area contributed by atoms with Crippen LogP contribution in [0.4, 0.5) is 11.4 Å². The van der Waals surface area contributed by atoms with Crippen molar-refractivity contribution >= 4 is 46.4 Å². The fraction of sp³-hybridized carbons (Fsp3) is 0.300. The number of rotatable bonds is 3. The van der Waals surface area contributed by atoms with Gasteiger partial charge in [0.2, 0.25) is 5.91 Å². The van der Waals surface area contributed by atoms with Crippen molar-refractivity contribution in [2.45, 2.75) is 12.5 Å². The normalized spacial score (nSPS) is 21.2. The van der Waals surface area contributed by atoms with Crippen molar-refractivity contribution in [2.75, 3.05) is 36.0 Å². The molecule has 27 heavy (non-hydrogen) atoms. The lowest BCUT2D eigenvalue weighted by atomic mass is 10.1. The maximum absolute atomic E-state index is 12.9. The van der Waals surface area contributed by atoms with Gasteiger partial charge in [-0.25, -0.2) is 4.90 Å². The number of halogens is 2. The second-order valence-electron chi connectivity index (χ2n) is 6.92. The third-order valence-corrected chi connectivity index (χ3v) is 5.83. The van der Waals surface area contributed by atoms with E-state index in [2.05, 4.69) is 4.90 Å². The summed E-state index contributed by atoms with van der Waals surface area (Å²) in [4.78, 5) is 30.2. The molecule has 0 aromatic heterocycles. The van der Waals surface area contributed by atoms with Crippen molar-refractivity contribution in [2.24, 2.45) is 0 Å². The number of nitrogens with zero attached hydrogens (tertiary/aromatic N) is 2. The number of hydrogen-bond donors (Lipinski definition) is 1. The summed E-state index contributed by atoms with van der Waals surface area (Å²) in [6.45, 7) is 3.33. The number of imide groups is 1. The first-order valence-electron chi connectivity index (χ1n) is 9.00. The molecular weight excluding hydrogens is 385 g/mol. The van der Waals surface area contributed by atoms with Crippen LogP contribution in [0.15, 0.2) is 48.5 Å². The standard InChI is InChI=1S/C20H19Cl2N3O2/c21-14-1-5-16(6-2-14)23-9-11-24(12-10-23)18-13-19(26)25(20(18)27)17-7-3-15(22)4-8-17/h1-8,18H,9-13H2/p+1/t18-/m0/s1. The fourth-order valence-electron chi connectivity index (χ4n) is 3.86. The van der Waals surface area contributed by atoms with Gasteiger partial charge in [0.1, 0.15) is 0 Å². The molecule has 0 spiro atoms. The van der Waals surface area contributed by atoms with Gasteiger partial charge >= 0.3 is 0 Å².